The number of benzene rings is 8. The number of fused-ring (bicyclic) bond motifs is 1. The fourth-order valence-corrected chi connectivity index (χ4v) is 9.14. The summed E-state index contributed by atoms with van der Waals surface area (Å²) in [6.45, 7) is 14.6. The van der Waals surface area contributed by atoms with Gasteiger partial charge in [-0.1, -0.05) is 193 Å². The van der Waals surface area contributed by atoms with Crippen LogP contribution in [0, 0.1) is 5.41 Å². The van der Waals surface area contributed by atoms with E-state index in [9.17, 15) is 0 Å². The molecule has 1 aliphatic carbocycles. The summed E-state index contributed by atoms with van der Waals surface area (Å²) in [6, 6.07) is 73.1. The predicted octanol–water partition coefficient (Wildman–Crippen LogP) is 16.1. The monoisotopic (exact) mass is 749 g/mol. The molecule has 0 N–H and O–H groups in total. The van der Waals surface area contributed by atoms with Crippen LogP contribution in [-0.4, -0.2) is 0 Å². The summed E-state index contributed by atoms with van der Waals surface area (Å²) < 4.78 is 0. The van der Waals surface area contributed by atoms with Crippen molar-refractivity contribution >= 4 is 17.1 Å². The average Bonchev–Trinajstić information content (AvgIpc) is 3.37. The third kappa shape index (κ3) is 6.36. The Morgan fingerprint density at radius 2 is 0.517 bits per heavy atom. The Kier molecular flexibility index (Phi) is 9.29. The van der Waals surface area contributed by atoms with Gasteiger partial charge in [0.2, 0.25) is 0 Å². The van der Waals surface area contributed by atoms with Gasteiger partial charge in [-0.05, 0) is 132 Å². The topological polar surface area (TPSA) is 3.24 Å². The fraction of sp³-hybridized carbons (Fsp3) is 0.158. The molecule has 0 bridgehead atoms. The van der Waals surface area contributed by atoms with Gasteiger partial charge >= 0.3 is 0 Å². The molecule has 1 nitrogen and oxygen atoms in total. The zero-order valence-corrected chi connectivity index (χ0v) is 34.5. The van der Waals surface area contributed by atoms with Crippen LogP contribution in [0.4, 0.5) is 17.1 Å². The Labute approximate surface area is 345 Å². The number of anilines is 3. The highest BCUT2D eigenvalue weighted by Crippen LogP contribution is 2.62. The third-order valence-corrected chi connectivity index (χ3v) is 13.8. The Morgan fingerprint density at radius 1 is 0.276 bits per heavy atom. The van der Waals surface area contributed by atoms with Crippen molar-refractivity contribution in [2.45, 2.75) is 52.4 Å². The Morgan fingerprint density at radius 3 is 0.845 bits per heavy atom. The van der Waals surface area contributed by atoms with Crippen molar-refractivity contribution in [1.82, 2.24) is 0 Å². The van der Waals surface area contributed by atoms with Crippen molar-refractivity contribution < 1.29 is 0 Å². The lowest BCUT2D eigenvalue weighted by atomic mass is 9.59. The molecule has 1 heteroatoms. The summed E-state index contributed by atoms with van der Waals surface area (Å²) in [5, 5.41) is 0. The van der Waals surface area contributed by atoms with Crippen molar-refractivity contribution in [1.29, 1.82) is 0 Å². The second-order valence-electron chi connectivity index (χ2n) is 17.5. The van der Waals surface area contributed by atoms with Crippen LogP contribution in [0.25, 0.3) is 55.6 Å². The Hall–Kier alpha value is -6.44. The van der Waals surface area contributed by atoms with E-state index in [0.717, 1.165) is 17.1 Å². The molecular weight excluding hydrogens is 699 g/mol. The van der Waals surface area contributed by atoms with Gasteiger partial charge in [0.05, 0.1) is 0 Å². The molecule has 0 heterocycles. The molecule has 8 aromatic carbocycles. The van der Waals surface area contributed by atoms with Crippen molar-refractivity contribution in [3.05, 3.63) is 211 Å². The van der Waals surface area contributed by atoms with Gasteiger partial charge in [-0.2, -0.15) is 0 Å². The average molecular weight is 750 g/mol. The van der Waals surface area contributed by atoms with E-state index in [1.807, 2.05) is 0 Å². The first-order valence-corrected chi connectivity index (χ1v) is 20.6. The standard InChI is InChI=1S/C57H51N/c1-55(2)53-38-51(46-20-14-9-15-21-46)52(39-54(53)56(3,4)57(55,5)6)47-24-22-42(23-25-47)45-30-36-50(37-31-45)58(48-32-26-43(27-33-48)40-16-10-7-11-17-40)49-34-28-44(29-35-49)41-18-12-8-13-19-41/h7-39H,1-6H3. The van der Waals surface area contributed by atoms with Gasteiger partial charge in [0.25, 0.3) is 0 Å². The van der Waals surface area contributed by atoms with Gasteiger partial charge in [-0.15, -0.1) is 0 Å². The van der Waals surface area contributed by atoms with Crippen LogP contribution in [0.3, 0.4) is 0 Å². The minimum absolute atomic E-state index is 0.0270. The maximum atomic E-state index is 2.51. The van der Waals surface area contributed by atoms with Gasteiger partial charge in [0, 0.05) is 17.1 Å². The van der Waals surface area contributed by atoms with E-state index in [0.29, 0.717) is 0 Å². The fourth-order valence-electron chi connectivity index (χ4n) is 9.14. The van der Waals surface area contributed by atoms with Crippen molar-refractivity contribution in [2.75, 3.05) is 4.90 Å². The summed E-state index contributed by atoms with van der Waals surface area (Å²) in [6.07, 6.45) is 0. The maximum Gasteiger partial charge on any atom is 0.0462 e. The second-order valence-corrected chi connectivity index (χ2v) is 17.5. The normalized spacial score (nSPS) is 14.8. The van der Waals surface area contributed by atoms with Crippen LogP contribution in [0.1, 0.15) is 52.7 Å². The molecule has 0 radical (unpaired) electrons. The number of hydrogen-bond acceptors (Lipinski definition) is 1. The van der Waals surface area contributed by atoms with Gasteiger partial charge in [0.15, 0.2) is 0 Å². The molecule has 0 fully saturated rings. The SMILES string of the molecule is CC1(C)c2cc(-c3ccccc3)c(-c3ccc(-c4ccc(N(c5ccc(-c6ccccc6)cc5)c5ccc(-c6ccccc6)cc5)cc4)cc3)cc2C(C)(C)C1(C)C. The number of nitrogens with zero attached hydrogens (tertiary/aromatic N) is 1. The lowest BCUT2D eigenvalue weighted by molar-refractivity contribution is 0.125. The van der Waals surface area contributed by atoms with E-state index in [-0.39, 0.29) is 16.2 Å². The smallest absolute Gasteiger partial charge is 0.0462 e. The van der Waals surface area contributed by atoms with Crippen LogP contribution in [-0.2, 0) is 10.8 Å². The Bertz CT molecular complexity index is 2590. The first-order chi connectivity index (χ1) is 28.0. The van der Waals surface area contributed by atoms with E-state index >= 15 is 0 Å². The van der Waals surface area contributed by atoms with Crippen molar-refractivity contribution in [3.8, 4) is 55.6 Å². The first-order valence-electron chi connectivity index (χ1n) is 20.6. The summed E-state index contributed by atoms with van der Waals surface area (Å²) in [5.74, 6) is 0. The third-order valence-electron chi connectivity index (χ3n) is 13.8. The first kappa shape index (κ1) is 37.2. The molecular formula is C57H51N. The lowest BCUT2D eigenvalue weighted by Gasteiger charge is -2.44. The molecule has 1 aliphatic rings. The molecule has 58 heavy (non-hydrogen) atoms. The zero-order chi connectivity index (χ0) is 40.1. The highest BCUT2D eigenvalue weighted by molar-refractivity contribution is 5.87. The molecule has 0 amide bonds. The van der Waals surface area contributed by atoms with Gasteiger partial charge in [0.1, 0.15) is 0 Å². The molecule has 0 aromatic heterocycles. The predicted molar refractivity (Wildman–Crippen MR) is 248 cm³/mol. The van der Waals surface area contributed by atoms with Crippen LogP contribution < -0.4 is 4.90 Å². The highest BCUT2D eigenvalue weighted by atomic mass is 15.1. The van der Waals surface area contributed by atoms with Crippen molar-refractivity contribution in [2.24, 2.45) is 5.41 Å². The lowest BCUT2D eigenvalue weighted by Crippen LogP contribution is -2.42. The summed E-state index contributed by atoms with van der Waals surface area (Å²) in [5.41, 5.74) is 18.7. The number of rotatable bonds is 8. The highest BCUT2D eigenvalue weighted by Gasteiger charge is 2.57. The van der Waals surface area contributed by atoms with Crippen LogP contribution in [0.15, 0.2) is 200 Å². The van der Waals surface area contributed by atoms with E-state index in [4.69, 9.17) is 0 Å². The summed E-state index contributed by atoms with van der Waals surface area (Å²) >= 11 is 0. The van der Waals surface area contributed by atoms with E-state index in [1.54, 1.807) is 0 Å². The molecule has 0 saturated heterocycles. The quantitative estimate of drug-likeness (QED) is 0.150. The molecule has 9 rings (SSSR count). The van der Waals surface area contributed by atoms with Gasteiger partial charge in [-0.3, -0.25) is 0 Å². The largest absolute Gasteiger partial charge is 0.311 e. The van der Waals surface area contributed by atoms with Gasteiger partial charge < -0.3 is 4.90 Å². The van der Waals surface area contributed by atoms with E-state index in [2.05, 4.69) is 247 Å². The van der Waals surface area contributed by atoms with Crippen molar-refractivity contribution in [3.63, 3.8) is 0 Å². The minimum atomic E-state index is 0.0270. The number of hydrogen-bond donors (Lipinski definition) is 0. The summed E-state index contributed by atoms with van der Waals surface area (Å²) in [4.78, 5) is 2.35. The molecule has 0 atom stereocenters. The van der Waals surface area contributed by atoms with Crippen LogP contribution in [0.2, 0.25) is 0 Å². The van der Waals surface area contributed by atoms with E-state index in [1.165, 1.54) is 66.8 Å². The minimum Gasteiger partial charge on any atom is -0.311 e. The Balaban J connectivity index is 1.06. The van der Waals surface area contributed by atoms with Gasteiger partial charge in [-0.25, -0.2) is 0 Å². The second kappa shape index (κ2) is 14.5. The molecule has 8 aromatic rings. The molecule has 0 spiro atoms. The summed E-state index contributed by atoms with van der Waals surface area (Å²) in [7, 11) is 0. The zero-order valence-electron chi connectivity index (χ0n) is 34.5. The van der Waals surface area contributed by atoms with Crippen LogP contribution in [0.5, 0.6) is 0 Å². The molecule has 284 valence electrons. The van der Waals surface area contributed by atoms with Crippen LogP contribution >= 0.6 is 0 Å². The maximum absolute atomic E-state index is 2.51. The molecule has 0 aliphatic heterocycles. The molecule has 0 saturated carbocycles. The molecule has 0 unspecified atom stereocenters. The van der Waals surface area contributed by atoms with E-state index < -0.39 is 0 Å².